The lowest BCUT2D eigenvalue weighted by molar-refractivity contribution is -0.362. The third-order valence-corrected chi connectivity index (χ3v) is 12.7. The summed E-state index contributed by atoms with van der Waals surface area (Å²) in [5.41, 5.74) is -0.117. The Morgan fingerprint density at radius 2 is 1.64 bits per heavy atom. The summed E-state index contributed by atoms with van der Waals surface area (Å²) in [7, 11) is -3.25. The molecule has 6 nitrogen and oxygen atoms in total. The number of fused-ring (bicyclic) bond motifs is 4. The van der Waals surface area contributed by atoms with Gasteiger partial charge in [-0.3, -0.25) is 9.69 Å². The van der Waals surface area contributed by atoms with Gasteiger partial charge in [0.1, 0.15) is 5.60 Å². The molecule has 12 heteroatoms. The Hall–Kier alpha value is -2.15. The molecule has 5 atom stereocenters. The standard InChI is InChI=1S/C32H39F5N2O4S/c1-29-18-26(21-5-3-20(4-6-21)19-38-13-15-39(16-14-38)44(2,42)43)28-24-10-8-23(40)17-22(24)7-9-25(28)27(29)11-12-30(29,41)31(33,34)32(35,36)37/h3-6,17,25-27,41H,7-16,18-19H2,1-2H3/t25-,26+,27-,29-,30+/m0/s1. The Kier molecular flexibility index (Phi) is 7.74. The van der Waals surface area contributed by atoms with Crippen LogP contribution >= 0.6 is 0 Å². The average molecular weight is 643 g/mol. The Labute approximate surface area is 255 Å². The van der Waals surface area contributed by atoms with Gasteiger partial charge < -0.3 is 5.11 Å². The van der Waals surface area contributed by atoms with E-state index in [1.165, 1.54) is 17.5 Å². The van der Waals surface area contributed by atoms with Crippen LogP contribution in [0.1, 0.15) is 68.9 Å². The van der Waals surface area contributed by atoms with Crippen LogP contribution in [-0.2, 0) is 21.4 Å². The second-order valence-corrected chi connectivity index (χ2v) is 15.6. The second kappa shape index (κ2) is 10.7. The molecule has 5 aliphatic rings. The zero-order valence-corrected chi connectivity index (χ0v) is 25.8. The molecule has 0 aromatic heterocycles. The summed E-state index contributed by atoms with van der Waals surface area (Å²) >= 11 is 0. The highest BCUT2D eigenvalue weighted by atomic mass is 32.2. The van der Waals surface area contributed by atoms with Crippen LogP contribution in [0.3, 0.4) is 0 Å². The lowest BCUT2D eigenvalue weighted by atomic mass is 9.50. The average Bonchev–Trinajstić information content (AvgIpc) is 3.23. The fourth-order valence-electron chi connectivity index (χ4n) is 9.05. The molecule has 1 aromatic carbocycles. The van der Waals surface area contributed by atoms with Crippen molar-refractivity contribution in [2.75, 3.05) is 32.4 Å². The minimum Gasteiger partial charge on any atom is -0.383 e. The fourth-order valence-corrected chi connectivity index (χ4v) is 9.87. The number of piperazine rings is 1. The number of benzene rings is 1. The Balaban J connectivity index is 1.35. The van der Waals surface area contributed by atoms with E-state index in [0.29, 0.717) is 58.4 Å². The van der Waals surface area contributed by atoms with E-state index in [-0.39, 0.29) is 24.5 Å². The van der Waals surface area contributed by atoms with E-state index in [9.17, 15) is 31.5 Å². The van der Waals surface area contributed by atoms with Crippen LogP contribution in [0, 0.1) is 17.3 Å². The molecule has 0 radical (unpaired) electrons. The van der Waals surface area contributed by atoms with Crippen molar-refractivity contribution in [3.05, 3.63) is 58.2 Å². The van der Waals surface area contributed by atoms with Crippen LogP contribution in [0.15, 0.2) is 47.1 Å². The second-order valence-electron chi connectivity index (χ2n) is 13.6. The molecule has 1 aromatic rings. The van der Waals surface area contributed by atoms with E-state index < -0.39 is 51.4 Å². The quantitative estimate of drug-likeness (QED) is 0.424. The number of carbonyl (C=O) groups excluding carboxylic acids is 1. The zero-order chi connectivity index (χ0) is 31.9. The third-order valence-electron chi connectivity index (χ3n) is 11.4. The van der Waals surface area contributed by atoms with E-state index in [2.05, 4.69) is 4.90 Å². The third kappa shape index (κ3) is 4.98. The van der Waals surface area contributed by atoms with Crippen LogP contribution in [0.2, 0.25) is 0 Å². The lowest BCUT2D eigenvalue weighted by Gasteiger charge is -2.56. The predicted octanol–water partition coefficient (Wildman–Crippen LogP) is 5.59. The minimum atomic E-state index is -5.88. The molecule has 6 rings (SSSR count). The lowest BCUT2D eigenvalue weighted by Crippen LogP contribution is -2.65. The number of rotatable bonds is 5. The Morgan fingerprint density at radius 3 is 2.25 bits per heavy atom. The monoisotopic (exact) mass is 642 g/mol. The summed E-state index contributed by atoms with van der Waals surface area (Å²) in [6, 6.07) is 7.68. The number of carbonyl (C=O) groups is 1. The molecule has 44 heavy (non-hydrogen) atoms. The van der Waals surface area contributed by atoms with Crippen molar-refractivity contribution in [2.45, 2.75) is 82.0 Å². The van der Waals surface area contributed by atoms with Crippen molar-refractivity contribution in [1.82, 2.24) is 9.21 Å². The van der Waals surface area contributed by atoms with Crippen molar-refractivity contribution in [3.8, 4) is 0 Å². The molecule has 0 spiro atoms. The Bertz CT molecular complexity index is 1500. The topological polar surface area (TPSA) is 77.9 Å². The molecule has 1 heterocycles. The smallest absolute Gasteiger partial charge is 0.383 e. The molecular formula is C32H39F5N2O4S. The van der Waals surface area contributed by atoms with Crippen molar-refractivity contribution < 1.29 is 40.3 Å². The van der Waals surface area contributed by atoms with E-state index in [1.54, 1.807) is 6.08 Å². The first-order chi connectivity index (χ1) is 20.5. The van der Waals surface area contributed by atoms with Crippen LogP contribution in [-0.4, -0.2) is 78.6 Å². The van der Waals surface area contributed by atoms with Gasteiger partial charge in [0.15, 0.2) is 5.78 Å². The SMILES string of the molecule is C[C@]12C[C@H](c3ccc(CN4CCN(S(C)(=O)=O)CC4)cc3)C3=C4CCC(=O)C=C4CC[C@H]3[C@@H]1CC[C@]2(O)C(F)(F)C(F)(F)F. The van der Waals surface area contributed by atoms with Gasteiger partial charge in [-0.2, -0.15) is 26.3 Å². The van der Waals surface area contributed by atoms with Crippen LogP contribution in [0.5, 0.6) is 0 Å². The molecule has 1 saturated heterocycles. The van der Waals surface area contributed by atoms with Crippen LogP contribution in [0.4, 0.5) is 22.0 Å². The molecular weight excluding hydrogens is 603 g/mol. The highest BCUT2D eigenvalue weighted by Gasteiger charge is 2.79. The molecule has 1 N–H and O–H groups in total. The normalized spacial score (nSPS) is 34.0. The van der Waals surface area contributed by atoms with Gasteiger partial charge in [-0.05, 0) is 78.7 Å². The summed E-state index contributed by atoms with van der Waals surface area (Å²) < 4.78 is 96.9. The van der Waals surface area contributed by atoms with E-state index >= 15 is 8.78 Å². The summed E-state index contributed by atoms with van der Waals surface area (Å²) in [5.74, 6) is -6.50. The van der Waals surface area contributed by atoms with Gasteiger partial charge >= 0.3 is 12.1 Å². The fraction of sp³-hybridized carbons (Fsp3) is 0.656. The molecule has 4 aliphatic carbocycles. The van der Waals surface area contributed by atoms with Crippen molar-refractivity contribution >= 4 is 15.8 Å². The number of halogens is 5. The number of hydrogen-bond acceptors (Lipinski definition) is 5. The molecule has 1 aliphatic heterocycles. The molecule has 3 fully saturated rings. The van der Waals surface area contributed by atoms with E-state index in [0.717, 1.165) is 27.8 Å². The maximum atomic E-state index is 15.2. The maximum absolute atomic E-state index is 15.2. The minimum absolute atomic E-state index is 0.0433. The molecule has 0 bridgehead atoms. The van der Waals surface area contributed by atoms with Gasteiger partial charge in [0.2, 0.25) is 10.0 Å². The number of allylic oxidation sites excluding steroid dienone is 4. The summed E-state index contributed by atoms with van der Waals surface area (Å²) in [6.45, 7) is 3.98. The number of nitrogens with zero attached hydrogens (tertiary/aromatic N) is 2. The molecule has 242 valence electrons. The molecule has 0 amide bonds. The van der Waals surface area contributed by atoms with Crippen molar-refractivity contribution in [3.63, 3.8) is 0 Å². The predicted molar refractivity (Wildman–Crippen MR) is 154 cm³/mol. The first kappa shape index (κ1) is 31.8. The number of sulfonamides is 1. The number of alkyl halides is 5. The van der Waals surface area contributed by atoms with Gasteiger partial charge in [-0.1, -0.05) is 36.8 Å². The summed E-state index contributed by atoms with van der Waals surface area (Å²) in [6.07, 6.45) is -1.64. The van der Waals surface area contributed by atoms with Gasteiger partial charge in [0, 0.05) is 50.5 Å². The zero-order valence-electron chi connectivity index (χ0n) is 25.0. The number of ketones is 1. The van der Waals surface area contributed by atoms with Crippen molar-refractivity contribution in [1.29, 1.82) is 0 Å². The van der Waals surface area contributed by atoms with Gasteiger partial charge in [0.05, 0.1) is 6.26 Å². The first-order valence-corrected chi connectivity index (χ1v) is 17.2. The van der Waals surface area contributed by atoms with Crippen LogP contribution < -0.4 is 0 Å². The van der Waals surface area contributed by atoms with E-state index in [1.807, 2.05) is 24.3 Å². The molecule has 2 saturated carbocycles. The van der Waals surface area contributed by atoms with Crippen molar-refractivity contribution in [2.24, 2.45) is 17.3 Å². The number of aliphatic hydroxyl groups is 1. The van der Waals surface area contributed by atoms with Gasteiger partial charge in [-0.15, -0.1) is 0 Å². The summed E-state index contributed by atoms with van der Waals surface area (Å²) in [4.78, 5) is 14.4. The number of hydrogen-bond donors (Lipinski definition) is 1. The highest BCUT2D eigenvalue weighted by Crippen LogP contribution is 2.70. The van der Waals surface area contributed by atoms with Gasteiger partial charge in [0.25, 0.3) is 0 Å². The van der Waals surface area contributed by atoms with Crippen LogP contribution in [0.25, 0.3) is 0 Å². The maximum Gasteiger partial charge on any atom is 0.456 e. The first-order valence-electron chi connectivity index (χ1n) is 15.4. The highest BCUT2D eigenvalue weighted by molar-refractivity contribution is 7.88. The molecule has 0 unspecified atom stereocenters. The van der Waals surface area contributed by atoms with Gasteiger partial charge in [-0.25, -0.2) is 8.42 Å². The largest absolute Gasteiger partial charge is 0.456 e. The van der Waals surface area contributed by atoms with E-state index in [4.69, 9.17) is 0 Å². The Morgan fingerprint density at radius 1 is 0.977 bits per heavy atom. The summed E-state index contributed by atoms with van der Waals surface area (Å²) in [5, 5.41) is 11.4.